The largest absolute Gasteiger partial charge is 0.305 e. The lowest BCUT2D eigenvalue weighted by atomic mass is 9.44. The molecule has 0 amide bonds. The number of piperidine rings is 1. The van der Waals surface area contributed by atoms with Gasteiger partial charge in [0.1, 0.15) is 5.78 Å². The Morgan fingerprint density at radius 2 is 1.84 bits per heavy atom. The lowest BCUT2D eigenvalue weighted by Gasteiger charge is -2.61. The van der Waals surface area contributed by atoms with E-state index in [2.05, 4.69) is 52.6 Å². The molecule has 1 aliphatic heterocycles. The van der Waals surface area contributed by atoms with Crippen LogP contribution in [0.2, 0.25) is 0 Å². The Labute approximate surface area is 198 Å². The molecule has 4 fully saturated rings. The van der Waals surface area contributed by atoms with Gasteiger partial charge in [-0.15, -0.1) is 0 Å². The van der Waals surface area contributed by atoms with Crippen LogP contribution in [0.1, 0.15) is 92.4 Å². The molecule has 2 nitrogen and oxygen atoms in total. The minimum Gasteiger partial charge on any atom is -0.305 e. The molecule has 3 saturated carbocycles. The first-order valence-electron chi connectivity index (χ1n) is 14.1. The Morgan fingerprint density at radius 1 is 1.06 bits per heavy atom. The Kier molecular flexibility index (Phi) is 5.96. The number of likely N-dealkylation sites (tertiary alicyclic amines) is 1. The Balaban J connectivity index is 1.36. The number of hydrogen-bond donors (Lipinski definition) is 0. The fourth-order valence-electron chi connectivity index (χ4n) is 10.1. The highest BCUT2D eigenvalue weighted by molar-refractivity contribution is 5.89. The second kappa shape index (κ2) is 8.24. The van der Waals surface area contributed by atoms with Gasteiger partial charge in [0.15, 0.2) is 0 Å². The summed E-state index contributed by atoms with van der Waals surface area (Å²) in [6, 6.07) is 0. The van der Waals surface area contributed by atoms with Gasteiger partial charge in [0.25, 0.3) is 0 Å². The van der Waals surface area contributed by atoms with E-state index in [9.17, 15) is 4.79 Å². The third-order valence-corrected chi connectivity index (χ3v) is 11.5. The van der Waals surface area contributed by atoms with Crippen LogP contribution in [0.25, 0.3) is 0 Å². The van der Waals surface area contributed by atoms with Crippen molar-refractivity contribution in [2.45, 2.75) is 92.4 Å². The molecule has 2 bridgehead atoms. The van der Waals surface area contributed by atoms with Crippen LogP contribution in [0.5, 0.6) is 0 Å². The molecule has 0 aromatic heterocycles. The van der Waals surface area contributed by atoms with Crippen molar-refractivity contribution in [3.05, 3.63) is 11.6 Å². The highest BCUT2D eigenvalue weighted by Gasteiger charge is 2.61. The second-order valence-electron chi connectivity index (χ2n) is 13.8. The van der Waals surface area contributed by atoms with Crippen LogP contribution < -0.4 is 0 Å². The van der Waals surface area contributed by atoms with Gasteiger partial charge in [-0.1, -0.05) is 65.5 Å². The number of nitrogens with zero attached hydrogens (tertiary/aromatic N) is 1. The summed E-state index contributed by atoms with van der Waals surface area (Å²) in [6.07, 6.45) is 15.0. The molecule has 0 N–H and O–H groups in total. The number of carbonyl (C=O) groups excluding carboxylic acids is 1. The summed E-state index contributed by atoms with van der Waals surface area (Å²) < 4.78 is 0. The van der Waals surface area contributed by atoms with E-state index in [1.165, 1.54) is 51.4 Å². The molecule has 2 heteroatoms. The predicted octanol–water partition coefficient (Wildman–Crippen LogP) is 6.99. The fourth-order valence-corrected chi connectivity index (χ4v) is 10.1. The fraction of sp³-hybridized carbons (Fsp3) is 0.900. The van der Waals surface area contributed by atoms with Gasteiger partial charge < -0.3 is 4.90 Å². The van der Waals surface area contributed by atoms with E-state index >= 15 is 0 Å². The summed E-state index contributed by atoms with van der Waals surface area (Å²) in [7, 11) is 2.22. The summed E-state index contributed by atoms with van der Waals surface area (Å²) in [6.45, 7) is 14.6. The van der Waals surface area contributed by atoms with Gasteiger partial charge in [0.2, 0.25) is 0 Å². The maximum atomic E-state index is 13.1. The van der Waals surface area contributed by atoms with Crippen LogP contribution in [-0.2, 0) is 4.79 Å². The van der Waals surface area contributed by atoms with Crippen LogP contribution in [0.4, 0.5) is 0 Å². The molecule has 1 heterocycles. The third-order valence-electron chi connectivity index (χ3n) is 11.5. The number of Topliss-reactive ketones (excluding diaryl/α,β-unsaturated/α-hetero) is 1. The lowest BCUT2D eigenvalue weighted by molar-refractivity contribution is -0.138. The third kappa shape index (κ3) is 3.48. The van der Waals surface area contributed by atoms with E-state index in [0.29, 0.717) is 11.2 Å². The van der Waals surface area contributed by atoms with E-state index in [-0.39, 0.29) is 17.3 Å². The van der Waals surface area contributed by atoms with Crippen LogP contribution in [-0.4, -0.2) is 30.8 Å². The lowest BCUT2D eigenvalue weighted by Crippen LogP contribution is -2.58. The summed E-state index contributed by atoms with van der Waals surface area (Å²) in [5, 5.41) is 0. The molecular weight excluding hydrogens is 390 g/mol. The normalized spacial score (nSPS) is 47.0. The molecule has 0 spiro atoms. The van der Waals surface area contributed by atoms with Crippen molar-refractivity contribution in [1.29, 1.82) is 0 Å². The van der Waals surface area contributed by atoms with Gasteiger partial charge in [0.05, 0.1) is 5.92 Å². The highest BCUT2D eigenvalue weighted by atomic mass is 16.1. The summed E-state index contributed by atoms with van der Waals surface area (Å²) in [4.78, 5) is 15.5. The van der Waals surface area contributed by atoms with E-state index in [4.69, 9.17) is 0 Å². The minimum absolute atomic E-state index is 0.198. The SMILES string of the molecule is CC(C)CCC[C@@H](C)[C@H]1CC[C@H]2[C@@H]3CC=C4C5CN(C)CC(C[C@]4(C)[C@H]3CC[C@]12C)C5=O. The Bertz CT molecular complexity index is 769. The molecule has 180 valence electrons. The second-order valence-corrected chi connectivity index (χ2v) is 13.8. The molecule has 32 heavy (non-hydrogen) atoms. The molecule has 5 rings (SSSR count). The number of hydrogen-bond acceptors (Lipinski definition) is 2. The topological polar surface area (TPSA) is 20.3 Å². The van der Waals surface area contributed by atoms with Gasteiger partial charge in [-0.25, -0.2) is 0 Å². The number of fused-ring (bicyclic) bond motifs is 8. The zero-order chi connectivity index (χ0) is 22.8. The van der Waals surface area contributed by atoms with Gasteiger partial charge in [0, 0.05) is 19.0 Å². The maximum Gasteiger partial charge on any atom is 0.145 e. The summed E-state index contributed by atoms with van der Waals surface area (Å²) in [5.41, 5.74) is 2.41. The molecule has 0 radical (unpaired) electrons. The summed E-state index contributed by atoms with van der Waals surface area (Å²) >= 11 is 0. The monoisotopic (exact) mass is 439 g/mol. The number of carbonyl (C=O) groups is 1. The summed E-state index contributed by atoms with van der Waals surface area (Å²) in [5.74, 6) is 6.30. The first-order valence-corrected chi connectivity index (χ1v) is 14.1. The zero-order valence-corrected chi connectivity index (χ0v) is 21.8. The van der Waals surface area contributed by atoms with Crippen LogP contribution in [0.15, 0.2) is 11.6 Å². The Morgan fingerprint density at radius 3 is 2.59 bits per heavy atom. The molecule has 1 saturated heterocycles. The van der Waals surface area contributed by atoms with Crippen LogP contribution in [0.3, 0.4) is 0 Å². The van der Waals surface area contributed by atoms with Gasteiger partial charge in [-0.2, -0.15) is 0 Å². The number of allylic oxidation sites excluding steroid dienone is 1. The highest BCUT2D eigenvalue weighted by Crippen LogP contribution is 2.68. The van der Waals surface area contributed by atoms with Crippen LogP contribution in [0, 0.1) is 58.2 Å². The van der Waals surface area contributed by atoms with Gasteiger partial charge in [-0.05, 0) is 91.9 Å². The van der Waals surface area contributed by atoms with Gasteiger partial charge in [-0.3, -0.25) is 4.79 Å². The zero-order valence-electron chi connectivity index (χ0n) is 21.8. The molecule has 0 aromatic carbocycles. The van der Waals surface area contributed by atoms with Crippen molar-refractivity contribution in [2.24, 2.45) is 58.2 Å². The average Bonchev–Trinajstić information content (AvgIpc) is 3.07. The minimum atomic E-state index is 0.198. The van der Waals surface area contributed by atoms with Crippen molar-refractivity contribution in [3.8, 4) is 0 Å². The van der Waals surface area contributed by atoms with E-state index in [1.807, 2.05) is 0 Å². The molecule has 4 aliphatic carbocycles. The first-order chi connectivity index (χ1) is 15.1. The van der Waals surface area contributed by atoms with Crippen molar-refractivity contribution in [3.63, 3.8) is 0 Å². The number of rotatable bonds is 5. The van der Waals surface area contributed by atoms with Gasteiger partial charge >= 0.3 is 0 Å². The quantitative estimate of drug-likeness (QED) is 0.430. The Hall–Kier alpha value is -0.630. The van der Waals surface area contributed by atoms with E-state index < -0.39 is 0 Å². The molecule has 2 unspecified atom stereocenters. The van der Waals surface area contributed by atoms with Crippen molar-refractivity contribution >= 4 is 5.78 Å². The molecule has 5 aliphatic rings. The molecule has 9 atom stereocenters. The van der Waals surface area contributed by atoms with Crippen molar-refractivity contribution in [1.82, 2.24) is 4.90 Å². The smallest absolute Gasteiger partial charge is 0.145 e. The van der Waals surface area contributed by atoms with E-state index in [0.717, 1.165) is 55.0 Å². The predicted molar refractivity (Wildman–Crippen MR) is 133 cm³/mol. The standard InChI is InChI=1S/C30H49NO/c1-19(2)8-7-9-20(3)24-12-13-25-22-10-11-26-23-18-31(6)17-21(28(23)32)16-30(26,5)27(22)14-15-29(24,25)4/h11,19-25,27H,7-10,12-18H2,1-6H3/t20-,21?,22+,23?,24-,25+,27+,29-,30+/m1/s1. The number of ketones is 1. The maximum absolute atomic E-state index is 13.1. The first kappa shape index (κ1) is 23.1. The average molecular weight is 440 g/mol. The van der Waals surface area contributed by atoms with Crippen molar-refractivity contribution in [2.75, 3.05) is 20.1 Å². The van der Waals surface area contributed by atoms with Crippen LogP contribution >= 0.6 is 0 Å². The molecular formula is C30H49NO. The molecule has 0 aromatic rings. The van der Waals surface area contributed by atoms with E-state index in [1.54, 1.807) is 5.57 Å². The van der Waals surface area contributed by atoms with Crippen molar-refractivity contribution < 1.29 is 4.79 Å².